The first-order chi connectivity index (χ1) is 15.9. The van der Waals surface area contributed by atoms with E-state index in [9.17, 15) is 14.4 Å². The van der Waals surface area contributed by atoms with Gasteiger partial charge in [0.2, 0.25) is 11.9 Å². The molecule has 4 heterocycles. The second-order valence-corrected chi connectivity index (χ2v) is 7.97. The van der Waals surface area contributed by atoms with E-state index in [4.69, 9.17) is 5.73 Å². The molecule has 3 N–H and O–H groups in total. The van der Waals surface area contributed by atoms with Gasteiger partial charge in [0.1, 0.15) is 6.54 Å². The number of anilines is 2. The van der Waals surface area contributed by atoms with E-state index >= 15 is 0 Å². The zero-order valence-corrected chi connectivity index (χ0v) is 18.6. The van der Waals surface area contributed by atoms with Crippen LogP contribution in [0, 0.1) is 11.8 Å². The number of nitrogens with one attached hydrogen (secondary N) is 1. The number of hydrogen-bond acceptors (Lipinski definition) is 7. The molecule has 1 aliphatic heterocycles. The molecule has 0 aliphatic carbocycles. The Morgan fingerprint density at radius 3 is 2.85 bits per heavy atom. The Hall–Kier alpha value is -3.91. The number of aryl methyl sites for hydroxylation is 1. The van der Waals surface area contributed by atoms with Crippen molar-refractivity contribution in [1.82, 2.24) is 23.7 Å². The highest BCUT2D eigenvalue weighted by atomic mass is 16.2. The number of amides is 1. The van der Waals surface area contributed by atoms with Gasteiger partial charge < -0.3 is 16.0 Å². The van der Waals surface area contributed by atoms with Gasteiger partial charge >= 0.3 is 5.69 Å². The van der Waals surface area contributed by atoms with Crippen LogP contribution in [-0.2, 0) is 24.9 Å². The van der Waals surface area contributed by atoms with Crippen molar-refractivity contribution in [2.45, 2.75) is 38.9 Å². The quantitative estimate of drug-likeness (QED) is 0.518. The Morgan fingerprint density at radius 1 is 1.33 bits per heavy atom. The van der Waals surface area contributed by atoms with Gasteiger partial charge in [0.05, 0.1) is 18.4 Å². The Bertz CT molecular complexity index is 1360. The van der Waals surface area contributed by atoms with Crippen molar-refractivity contribution in [1.29, 1.82) is 0 Å². The van der Waals surface area contributed by atoms with Gasteiger partial charge in [0.25, 0.3) is 5.56 Å². The molecule has 4 rings (SSSR count). The molecule has 0 radical (unpaired) electrons. The third kappa shape index (κ3) is 4.38. The van der Waals surface area contributed by atoms with Crippen LogP contribution in [0.4, 0.5) is 11.6 Å². The summed E-state index contributed by atoms with van der Waals surface area (Å²) in [6.07, 6.45) is 4.89. The number of aromatic nitrogens is 5. The third-order valence-corrected chi connectivity index (χ3v) is 5.61. The summed E-state index contributed by atoms with van der Waals surface area (Å²) in [5.41, 5.74) is 5.89. The monoisotopic (exact) mass is 450 g/mol. The van der Waals surface area contributed by atoms with E-state index in [2.05, 4.69) is 27.1 Å². The summed E-state index contributed by atoms with van der Waals surface area (Å²) in [6.45, 7) is 2.84. The molecule has 1 amide bonds. The van der Waals surface area contributed by atoms with Crippen LogP contribution in [0.5, 0.6) is 0 Å². The van der Waals surface area contributed by atoms with Crippen LogP contribution in [0.3, 0.4) is 0 Å². The lowest BCUT2D eigenvalue weighted by Crippen LogP contribution is -2.44. The highest BCUT2D eigenvalue weighted by Crippen LogP contribution is 2.22. The first-order valence-corrected chi connectivity index (χ1v) is 10.7. The molecule has 1 saturated heterocycles. The Kier molecular flexibility index (Phi) is 6.28. The maximum Gasteiger partial charge on any atom is 0.332 e. The molecule has 1 fully saturated rings. The zero-order chi connectivity index (χ0) is 23.5. The summed E-state index contributed by atoms with van der Waals surface area (Å²) < 4.78 is 3.91. The molecule has 1 atom stereocenters. The minimum atomic E-state index is -0.623. The highest BCUT2D eigenvalue weighted by molar-refractivity contribution is 5.90. The van der Waals surface area contributed by atoms with Crippen molar-refractivity contribution < 1.29 is 4.79 Å². The van der Waals surface area contributed by atoms with E-state index < -0.39 is 23.7 Å². The van der Waals surface area contributed by atoms with E-state index in [0.29, 0.717) is 18.2 Å². The first-order valence-electron chi connectivity index (χ1n) is 10.7. The maximum atomic E-state index is 13.4. The van der Waals surface area contributed by atoms with Crippen LogP contribution >= 0.6 is 0 Å². The molecule has 0 saturated carbocycles. The van der Waals surface area contributed by atoms with Crippen LogP contribution < -0.4 is 27.2 Å². The molecular weight excluding hydrogens is 424 g/mol. The summed E-state index contributed by atoms with van der Waals surface area (Å²) >= 11 is 0. The van der Waals surface area contributed by atoms with E-state index in [-0.39, 0.29) is 23.8 Å². The Balaban J connectivity index is 1.81. The van der Waals surface area contributed by atoms with E-state index in [1.807, 2.05) is 4.90 Å². The van der Waals surface area contributed by atoms with Crippen LogP contribution in [0.25, 0.3) is 11.2 Å². The van der Waals surface area contributed by atoms with Gasteiger partial charge in [-0.25, -0.2) is 9.36 Å². The number of nitrogens with two attached hydrogens (primary N) is 1. The average molecular weight is 451 g/mol. The lowest BCUT2D eigenvalue weighted by atomic mass is 10.1. The second kappa shape index (κ2) is 9.30. The molecule has 0 unspecified atom stereocenters. The minimum absolute atomic E-state index is 0.000853. The third-order valence-electron chi connectivity index (χ3n) is 5.61. The summed E-state index contributed by atoms with van der Waals surface area (Å²) in [5, 5.41) is 2.65. The van der Waals surface area contributed by atoms with E-state index in [0.717, 1.165) is 24.0 Å². The van der Waals surface area contributed by atoms with Gasteiger partial charge in [-0.05, 0) is 31.9 Å². The van der Waals surface area contributed by atoms with Gasteiger partial charge in [-0.3, -0.25) is 23.7 Å². The van der Waals surface area contributed by atoms with Gasteiger partial charge in [0.15, 0.2) is 11.2 Å². The summed E-state index contributed by atoms with van der Waals surface area (Å²) in [4.78, 5) is 49.6. The summed E-state index contributed by atoms with van der Waals surface area (Å²) in [7, 11) is 1.54. The standard InChI is InChI=1S/C22H26N8O3/c1-3-4-11-29-18-19(26-21(29)28-10-6-7-15(23)13-28)27(2)22(33)30(20(18)32)14-17(31)25-16-8-5-9-24-12-16/h5,8-9,12,15H,6-7,10-11,13-14,23H2,1-2H3,(H,25,31)/t15-/m1/s1. The molecule has 1 aliphatic rings. The van der Waals surface area contributed by atoms with Gasteiger partial charge in [-0.2, -0.15) is 4.98 Å². The number of carbonyl (C=O) groups excluding carboxylic acids is 1. The number of nitrogens with zero attached hydrogens (tertiary/aromatic N) is 6. The van der Waals surface area contributed by atoms with Gasteiger partial charge in [0, 0.05) is 32.4 Å². The molecule has 3 aromatic rings. The molecule has 11 heteroatoms. The van der Waals surface area contributed by atoms with Crippen molar-refractivity contribution in [3.05, 3.63) is 45.4 Å². The van der Waals surface area contributed by atoms with Crippen molar-refractivity contribution in [3.63, 3.8) is 0 Å². The van der Waals surface area contributed by atoms with Crippen molar-refractivity contribution in [2.75, 3.05) is 23.3 Å². The Labute approximate surface area is 189 Å². The lowest BCUT2D eigenvalue weighted by Gasteiger charge is -2.31. The topological polar surface area (TPSA) is 133 Å². The fourth-order valence-corrected chi connectivity index (χ4v) is 4.02. The van der Waals surface area contributed by atoms with Gasteiger partial charge in [-0.15, -0.1) is 5.92 Å². The minimum Gasteiger partial charge on any atom is -0.341 e. The average Bonchev–Trinajstić information content (AvgIpc) is 3.19. The molecule has 3 aromatic heterocycles. The molecule has 0 aromatic carbocycles. The van der Waals surface area contributed by atoms with Crippen molar-refractivity contribution >= 4 is 28.7 Å². The SMILES string of the molecule is CC#CCn1c(N2CCC[C@@H](N)C2)nc2c1c(=O)n(CC(=O)Nc1cccnc1)c(=O)n2C. The molecule has 172 valence electrons. The van der Waals surface area contributed by atoms with Crippen LogP contribution in [-0.4, -0.2) is 48.7 Å². The van der Waals surface area contributed by atoms with Crippen molar-refractivity contribution in [2.24, 2.45) is 12.8 Å². The molecule has 33 heavy (non-hydrogen) atoms. The predicted molar refractivity (Wildman–Crippen MR) is 125 cm³/mol. The van der Waals surface area contributed by atoms with Crippen LogP contribution in [0.1, 0.15) is 19.8 Å². The number of piperidine rings is 1. The number of pyridine rings is 1. The van der Waals surface area contributed by atoms with Crippen molar-refractivity contribution in [3.8, 4) is 11.8 Å². The predicted octanol–water partition coefficient (Wildman–Crippen LogP) is -0.119. The molecule has 0 spiro atoms. The number of imidazole rings is 1. The highest BCUT2D eigenvalue weighted by Gasteiger charge is 2.26. The molecule has 0 bridgehead atoms. The number of fused-ring (bicyclic) bond motifs is 1. The van der Waals surface area contributed by atoms with E-state index in [1.54, 1.807) is 29.8 Å². The fourth-order valence-electron chi connectivity index (χ4n) is 4.02. The second-order valence-electron chi connectivity index (χ2n) is 7.97. The van der Waals surface area contributed by atoms with E-state index in [1.165, 1.54) is 17.8 Å². The maximum absolute atomic E-state index is 13.4. The normalized spacial score (nSPS) is 15.8. The summed E-state index contributed by atoms with van der Waals surface area (Å²) in [5.74, 6) is 5.86. The fraction of sp³-hybridized carbons (Fsp3) is 0.409. The number of rotatable bonds is 5. The van der Waals surface area contributed by atoms with Gasteiger partial charge in [-0.1, -0.05) is 5.92 Å². The van der Waals surface area contributed by atoms with Crippen LogP contribution in [0.2, 0.25) is 0 Å². The number of hydrogen-bond donors (Lipinski definition) is 2. The largest absolute Gasteiger partial charge is 0.341 e. The number of carbonyl (C=O) groups is 1. The summed E-state index contributed by atoms with van der Waals surface area (Å²) in [6, 6.07) is 3.35. The lowest BCUT2D eigenvalue weighted by molar-refractivity contribution is -0.116. The van der Waals surface area contributed by atoms with Crippen LogP contribution in [0.15, 0.2) is 34.1 Å². The Morgan fingerprint density at radius 2 is 2.15 bits per heavy atom. The molecular formula is C22H26N8O3. The first kappa shape index (κ1) is 22.3. The molecule has 11 nitrogen and oxygen atoms in total. The zero-order valence-electron chi connectivity index (χ0n) is 18.6. The smallest absolute Gasteiger partial charge is 0.332 e.